The Morgan fingerprint density at radius 2 is 0.842 bits per heavy atom. The number of amides is 2. The Hall–Kier alpha value is -8.63. The van der Waals surface area contributed by atoms with Crippen molar-refractivity contribution < 1.29 is 83.4 Å². The number of aromatic nitrogens is 14. The zero-order valence-electron chi connectivity index (χ0n) is 85.4. The number of hydrogen-bond donors (Lipinski definition) is 8. The molecule has 7 aromatic heterocycles. The standard InChI is InChI=1S/C36H55N8O11PSi.C36H55N8O10PSi.C18H32N2O5Si/c1-13-22-23(16-26(51-22)44-19-38-27-29(44)39-33(41-32(27)47)40-30(45)20(2)3)53-56(49,50-15-14-37-10)55-36(8,9)28-24(54-57(11,12)35(5,6)7)17-25(52-28)43-18-21(4)31(46)42-34(43)48;1-13-22-23(16-26(50-22)44-19-38-27-29(44)39-33(41-32(27)47)40-30(45)20(2)3)52-55(49-15-14-37-10)54-36(8,9)28-24(53-56(11,12)35(5,6)7)17-25(51-28)43-18-21(4)31(46)42-34(43)48;1-11-10-20(16(22)19-15(11)21)13-9-12(14(24-13)18(5,6)23)25-26(7,8)17(2,3)4/h18-20,22-26,28H,13-17H2,1-9,11-12H3,(H,42,46,48)(H2,39,40,41,45,47);18-20,22-26,28H,13-17H2,1-9,11-12H3,(H,42,46,48)(H2,39,40,41,45,47);10,12-14,23H,9H2,1-8H3,(H,19,21,22)/t22-,23-,24-,25-,26-,28+,56?;22-,23-,24-,25-,26-,28+,55?;12-,13-,14+/m111/s1. The van der Waals surface area contributed by atoms with Crippen LogP contribution in [0.25, 0.3) is 32.0 Å². The number of anilines is 2. The van der Waals surface area contributed by atoms with Gasteiger partial charge in [0.25, 0.3) is 27.8 Å². The van der Waals surface area contributed by atoms with Gasteiger partial charge in [-0.3, -0.25) is 106 Å². The molecule has 5 aliphatic heterocycles. The summed E-state index contributed by atoms with van der Waals surface area (Å²) in [7, 11) is -13.6. The SMILES string of the molecule is Cc1cn([C@H]2C[C@@H](O[Si](C)(C)C(C)(C)C)[C@@H](C(C)(C)O)O2)c(=O)[nH]c1=O.[C-]#[N+]CCOP(=O)(O[C@@H]1C[C@H](n2cnc3c(=O)[nH]c(NC(=O)C(C)C)nc32)O[C@@H]1CC)OC(C)(C)[C@H]1O[C@@H](n2cc(C)c(=O)[nH]c2=O)C[C@H]1O[Si](C)(C)C(C)(C)C.[C-]#[N+]CCOP(O[C@@H]1C[C@H](n2cnc3c(=O)[nH]c(NC(=O)C(C)C)nc32)O[C@@H]1CC)OC(C)(C)[C@H]1O[C@@H](n2cc(C)c(=O)[nH]c2=O)C[C@H]1O[Si](C)(C)C(C)(C)C. The van der Waals surface area contributed by atoms with Crippen LogP contribution in [0.4, 0.5) is 11.9 Å². The third kappa shape index (κ3) is 26.7. The Kier molecular flexibility index (Phi) is 35.5. The molecule has 8 N–H and O–H groups in total. The molecule has 2 unspecified atom stereocenters. The molecule has 49 heteroatoms. The Labute approximate surface area is 811 Å². The summed E-state index contributed by atoms with van der Waals surface area (Å²) in [6.07, 6.45) is -0.0679. The number of phosphoric acid groups is 1. The van der Waals surface area contributed by atoms with Crippen molar-refractivity contribution in [3.63, 3.8) is 0 Å². The van der Waals surface area contributed by atoms with Crippen LogP contribution in [0.5, 0.6) is 0 Å². The summed E-state index contributed by atoms with van der Waals surface area (Å²) in [5.41, 5.74) is -6.26. The van der Waals surface area contributed by atoms with E-state index >= 15 is 0 Å². The van der Waals surface area contributed by atoms with E-state index in [4.69, 9.17) is 77.2 Å². The Morgan fingerprint density at radius 3 is 1.20 bits per heavy atom. The van der Waals surface area contributed by atoms with Gasteiger partial charge in [-0.05, 0) is 130 Å². The van der Waals surface area contributed by atoms with Gasteiger partial charge in [0.1, 0.15) is 73.9 Å². The number of ether oxygens (including phenoxy) is 5. The second-order valence-electron chi connectivity index (χ2n) is 42.7. The van der Waals surface area contributed by atoms with Gasteiger partial charge >= 0.3 is 33.5 Å². The summed E-state index contributed by atoms with van der Waals surface area (Å²) < 4.78 is 112. The molecule has 5 saturated heterocycles. The van der Waals surface area contributed by atoms with Crippen LogP contribution in [-0.4, -0.2) is 214 Å². The smallest absolute Gasteiger partial charge is 0.411 e. The van der Waals surface area contributed by atoms with Crippen molar-refractivity contribution in [2.45, 2.75) is 374 Å². The summed E-state index contributed by atoms with van der Waals surface area (Å²) in [6.45, 7) is 72.2. The average molecular weight is 2040 g/mol. The molecule has 44 nitrogen and oxygen atoms in total. The monoisotopic (exact) mass is 2040 g/mol. The van der Waals surface area contributed by atoms with Crippen molar-refractivity contribution in [1.29, 1.82) is 0 Å². The molecule has 0 bridgehead atoms. The van der Waals surface area contributed by atoms with E-state index in [1.807, 2.05) is 27.7 Å². The maximum atomic E-state index is 14.8. The van der Waals surface area contributed by atoms with Crippen molar-refractivity contribution in [2.75, 3.05) is 36.9 Å². The Morgan fingerprint density at radius 1 is 0.504 bits per heavy atom. The topological polar surface area (TPSA) is 525 Å². The van der Waals surface area contributed by atoms with Crippen LogP contribution in [-0.2, 0) is 78.3 Å². The number of hydrogen-bond acceptors (Lipinski definition) is 30. The van der Waals surface area contributed by atoms with E-state index in [-0.39, 0.29) is 118 Å². The maximum absolute atomic E-state index is 14.8. The second-order valence-corrected chi connectivity index (χ2v) is 59.6. The lowest BCUT2D eigenvalue weighted by Crippen LogP contribution is -2.51. The van der Waals surface area contributed by atoms with Gasteiger partial charge in [-0.15, -0.1) is 0 Å². The highest BCUT2D eigenvalue weighted by molar-refractivity contribution is 7.48. The van der Waals surface area contributed by atoms with Crippen LogP contribution in [0.3, 0.4) is 0 Å². The molecule has 12 heterocycles. The molecule has 7 aromatic rings. The predicted molar refractivity (Wildman–Crippen MR) is 527 cm³/mol. The van der Waals surface area contributed by atoms with E-state index in [9.17, 15) is 57.6 Å². The van der Waals surface area contributed by atoms with Gasteiger partial charge in [0.05, 0.1) is 61.0 Å². The van der Waals surface area contributed by atoms with Crippen LogP contribution >= 0.6 is 16.4 Å². The molecular weight excluding hydrogens is 1900 g/mol. The minimum Gasteiger partial charge on any atom is -0.411 e. The van der Waals surface area contributed by atoms with E-state index in [0.717, 1.165) is 0 Å². The number of aryl methyl sites for hydroxylation is 3. The molecule has 2 amide bonds. The molecule has 0 saturated carbocycles. The van der Waals surface area contributed by atoms with Gasteiger partial charge in [-0.1, -0.05) is 104 Å². The van der Waals surface area contributed by atoms with E-state index in [1.54, 1.807) is 85.3 Å². The zero-order chi connectivity index (χ0) is 104. The second kappa shape index (κ2) is 43.9. The Bertz CT molecular complexity index is 6200. The number of nitrogens with one attached hydrogen (secondary N) is 7. The first-order chi connectivity index (χ1) is 64.3. The largest absolute Gasteiger partial charge is 0.476 e. The van der Waals surface area contributed by atoms with Crippen LogP contribution in [0, 0.1) is 45.8 Å². The first-order valence-corrected chi connectivity index (χ1v) is 58.2. The van der Waals surface area contributed by atoms with Crippen molar-refractivity contribution in [3.05, 3.63) is 154 Å². The first-order valence-electron chi connectivity index (χ1n) is 46.9. The molecule has 12 rings (SSSR count). The van der Waals surface area contributed by atoms with Gasteiger partial charge in [-0.25, -0.2) is 42.1 Å². The lowest BCUT2D eigenvalue weighted by Gasteiger charge is -2.42. The molecule has 139 heavy (non-hydrogen) atoms. The fraction of sp³-hybridized carbons (Fsp3) is 0.711. The van der Waals surface area contributed by atoms with E-state index in [1.165, 1.54) is 44.9 Å². The zero-order valence-corrected chi connectivity index (χ0v) is 90.2. The lowest BCUT2D eigenvalue weighted by atomic mass is 9.97. The third-order valence-electron chi connectivity index (χ3n) is 26.6. The number of aliphatic hydroxyl groups is 1. The van der Waals surface area contributed by atoms with Crippen LogP contribution < -0.4 is 55.5 Å². The number of rotatable bonds is 34. The molecule has 17 atom stereocenters. The summed E-state index contributed by atoms with van der Waals surface area (Å²) in [5, 5.41) is 15.5. The van der Waals surface area contributed by atoms with Gasteiger partial charge < -0.3 is 65.3 Å². The van der Waals surface area contributed by atoms with E-state index in [0.29, 0.717) is 48.8 Å². The van der Waals surface area contributed by atoms with Gasteiger partial charge in [-0.2, -0.15) is 9.97 Å². The number of H-pyrrole nitrogens is 5. The molecule has 0 aromatic carbocycles. The molecule has 0 radical (unpaired) electrons. The number of phosphoric ester groups is 1. The van der Waals surface area contributed by atoms with Crippen LogP contribution in [0.15, 0.2) is 69.6 Å². The molecule has 5 aliphatic rings. The minimum atomic E-state index is -4.55. The summed E-state index contributed by atoms with van der Waals surface area (Å²) in [5.74, 6) is -1.38. The van der Waals surface area contributed by atoms with Crippen LogP contribution in [0.2, 0.25) is 54.4 Å². The van der Waals surface area contributed by atoms with E-state index < -0.39 is 189 Å². The highest BCUT2D eigenvalue weighted by atomic mass is 31.2. The van der Waals surface area contributed by atoms with Crippen LogP contribution in [0.1, 0.15) is 238 Å². The normalized spacial score (nSPS) is 24.2. The van der Waals surface area contributed by atoms with Gasteiger partial charge in [0, 0.05) is 79.2 Å². The van der Waals surface area contributed by atoms with Crippen molar-refractivity contribution >= 4 is 87.4 Å². The number of carbonyl (C=O) groups is 2. The Balaban J connectivity index is 0.000000229. The summed E-state index contributed by atoms with van der Waals surface area (Å²) in [4.78, 5) is 161. The molecule has 0 aliphatic carbocycles. The first kappa shape index (κ1) is 112. The fourth-order valence-electron chi connectivity index (χ4n) is 15.7. The number of carbonyl (C=O) groups excluding carboxylic acids is 2. The highest BCUT2D eigenvalue weighted by Gasteiger charge is 2.57. The fourth-order valence-corrected chi connectivity index (χ4v) is 22.7. The maximum Gasteiger partial charge on any atom is 0.476 e. The highest BCUT2D eigenvalue weighted by Crippen LogP contribution is 2.59. The predicted octanol–water partition coefficient (Wildman–Crippen LogP) is 12.8. The molecule has 0 spiro atoms. The summed E-state index contributed by atoms with van der Waals surface area (Å²) in [6, 6.07) is 0. The van der Waals surface area contributed by atoms with Gasteiger partial charge in [0.2, 0.25) is 36.8 Å². The van der Waals surface area contributed by atoms with E-state index in [2.05, 4.69) is 167 Å². The number of nitrogens with zero attached hydrogens (tertiary/aromatic N) is 11. The summed E-state index contributed by atoms with van der Waals surface area (Å²) >= 11 is 0. The molecule has 5 fully saturated rings. The third-order valence-corrected chi connectivity index (χ3v) is 43.3. The van der Waals surface area contributed by atoms with Gasteiger partial charge in [0.15, 0.2) is 47.3 Å². The lowest BCUT2D eigenvalue weighted by molar-refractivity contribution is -0.123. The average Bonchev–Trinajstić information content (AvgIpc) is 1.65. The number of imidazole rings is 2. The number of fused-ring (bicyclic) bond motifs is 2. The molecular formula is C90H142N18O26P2Si3. The quantitative estimate of drug-likeness (QED) is 0.00803. The van der Waals surface area contributed by atoms with Crippen molar-refractivity contribution in [2.24, 2.45) is 11.8 Å². The van der Waals surface area contributed by atoms with Crippen molar-refractivity contribution in [1.82, 2.24) is 67.7 Å². The molecule has 770 valence electrons. The number of aromatic amines is 5. The minimum absolute atomic E-state index is 0.000850. The van der Waals surface area contributed by atoms with Crippen molar-refractivity contribution in [3.8, 4) is 0 Å².